The summed E-state index contributed by atoms with van der Waals surface area (Å²) in [6.45, 7) is 7.73. The lowest BCUT2D eigenvalue weighted by Crippen LogP contribution is -2.46. The Morgan fingerprint density at radius 1 is 1.07 bits per heavy atom. The van der Waals surface area contributed by atoms with E-state index in [1.54, 1.807) is 4.90 Å². The van der Waals surface area contributed by atoms with Gasteiger partial charge >= 0.3 is 0 Å². The van der Waals surface area contributed by atoms with Gasteiger partial charge in [-0.05, 0) is 54.3 Å². The van der Waals surface area contributed by atoms with Gasteiger partial charge < -0.3 is 9.80 Å². The number of amides is 1. The molecular formula is C26H29N3O. The maximum absolute atomic E-state index is 12.1. The van der Waals surface area contributed by atoms with Crippen LogP contribution in [0.1, 0.15) is 23.1 Å². The molecular weight excluding hydrogens is 370 g/mol. The van der Waals surface area contributed by atoms with E-state index in [0.717, 1.165) is 44.8 Å². The second-order valence-electron chi connectivity index (χ2n) is 8.10. The van der Waals surface area contributed by atoms with Gasteiger partial charge in [0.1, 0.15) is 0 Å². The number of rotatable bonds is 5. The predicted molar refractivity (Wildman–Crippen MR) is 125 cm³/mol. The van der Waals surface area contributed by atoms with Crippen LogP contribution < -0.4 is 9.80 Å². The molecule has 0 bridgehead atoms. The van der Waals surface area contributed by atoms with E-state index < -0.39 is 0 Å². The number of carbonyl (C=O) groups is 1. The third kappa shape index (κ3) is 4.58. The second-order valence-corrected chi connectivity index (χ2v) is 8.10. The normalized spacial score (nSPS) is 17.3. The zero-order chi connectivity index (χ0) is 20.9. The van der Waals surface area contributed by atoms with Gasteiger partial charge in [-0.25, -0.2) is 0 Å². The maximum atomic E-state index is 12.1. The number of hydrogen-bond acceptors (Lipinski definition) is 3. The molecule has 2 aliphatic heterocycles. The number of nitrogens with zero attached hydrogens (tertiary/aromatic N) is 3. The molecule has 1 saturated heterocycles. The number of terminal acetylenes is 1. The molecule has 2 aromatic rings. The van der Waals surface area contributed by atoms with Crippen molar-refractivity contribution >= 4 is 23.4 Å². The molecule has 0 aliphatic carbocycles. The summed E-state index contributed by atoms with van der Waals surface area (Å²) < 4.78 is 0. The molecule has 30 heavy (non-hydrogen) atoms. The Morgan fingerprint density at radius 2 is 1.90 bits per heavy atom. The van der Waals surface area contributed by atoms with Crippen LogP contribution in [0.3, 0.4) is 0 Å². The van der Waals surface area contributed by atoms with Gasteiger partial charge in [0.05, 0.1) is 6.54 Å². The molecule has 1 fully saturated rings. The van der Waals surface area contributed by atoms with E-state index in [9.17, 15) is 4.79 Å². The van der Waals surface area contributed by atoms with E-state index in [-0.39, 0.29) is 5.91 Å². The molecule has 4 rings (SSSR count). The summed E-state index contributed by atoms with van der Waals surface area (Å²) in [6.07, 6.45) is 11.2. The van der Waals surface area contributed by atoms with E-state index in [0.29, 0.717) is 13.0 Å². The van der Waals surface area contributed by atoms with Gasteiger partial charge in [-0.1, -0.05) is 36.3 Å². The van der Waals surface area contributed by atoms with Crippen LogP contribution in [0.25, 0.3) is 6.08 Å². The fourth-order valence-electron chi connectivity index (χ4n) is 4.30. The fourth-order valence-corrected chi connectivity index (χ4v) is 4.30. The van der Waals surface area contributed by atoms with Crippen LogP contribution >= 0.6 is 0 Å². The minimum absolute atomic E-state index is 0.119. The lowest BCUT2D eigenvalue weighted by atomic mass is 9.98. The molecule has 4 nitrogen and oxygen atoms in total. The Morgan fingerprint density at radius 3 is 2.67 bits per heavy atom. The van der Waals surface area contributed by atoms with Crippen molar-refractivity contribution in [2.24, 2.45) is 0 Å². The fraction of sp³-hybridized carbons (Fsp3) is 0.346. The number of carbonyl (C=O) groups excluding carboxylic acids is 1. The van der Waals surface area contributed by atoms with Crippen molar-refractivity contribution in [1.82, 2.24) is 4.90 Å². The van der Waals surface area contributed by atoms with E-state index in [1.807, 2.05) is 6.07 Å². The summed E-state index contributed by atoms with van der Waals surface area (Å²) in [4.78, 5) is 18.8. The SMILES string of the molecule is C#CCN1C(=O)CCc2cc(/C=C/CN3CCN(c4cccc(C)c4)CC3)ccc21. The van der Waals surface area contributed by atoms with E-state index >= 15 is 0 Å². The van der Waals surface area contributed by atoms with Gasteiger partial charge in [0.15, 0.2) is 0 Å². The monoisotopic (exact) mass is 399 g/mol. The molecule has 4 heteroatoms. The summed E-state index contributed by atoms with van der Waals surface area (Å²) >= 11 is 0. The topological polar surface area (TPSA) is 26.8 Å². The zero-order valence-corrected chi connectivity index (χ0v) is 17.7. The van der Waals surface area contributed by atoms with Crippen LogP contribution in [0.2, 0.25) is 0 Å². The molecule has 2 aromatic carbocycles. The summed E-state index contributed by atoms with van der Waals surface area (Å²) in [5.74, 6) is 2.71. The van der Waals surface area contributed by atoms with Gasteiger partial charge in [0, 0.05) is 50.5 Å². The molecule has 0 atom stereocenters. The first-order chi connectivity index (χ1) is 14.6. The molecule has 0 radical (unpaired) electrons. The number of piperazine rings is 1. The third-order valence-electron chi connectivity index (χ3n) is 5.97. The van der Waals surface area contributed by atoms with Crippen molar-refractivity contribution in [3.05, 3.63) is 65.2 Å². The highest BCUT2D eigenvalue weighted by atomic mass is 16.2. The van der Waals surface area contributed by atoms with Crippen molar-refractivity contribution < 1.29 is 4.79 Å². The highest BCUT2D eigenvalue weighted by molar-refractivity contribution is 5.97. The Bertz CT molecular complexity index is 980. The number of aryl methyl sites for hydroxylation is 2. The molecule has 154 valence electrons. The van der Waals surface area contributed by atoms with Gasteiger partial charge in [0.25, 0.3) is 0 Å². The van der Waals surface area contributed by atoms with Crippen LogP contribution in [0.4, 0.5) is 11.4 Å². The first-order valence-corrected chi connectivity index (χ1v) is 10.7. The maximum Gasteiger partial charge on any atom is 0.228 e. The van der Waals surface area contributed by atoms with Crippen molar-refractivity contribution in [2.45, 2.75) is 19.8 Å². The van der Waals surface area contributed by atoms with Gasteiger partial charge in [-0.3, -0.25) is 9.69 Å². The molecule has 0 spiro atoms. The summed E-state index contributed by atoms with van der Waals surface area (Å²) in [7, 11) is 0. The molecule has 0 aromatic heterocycles. The average Bonchev–Trinajstić information content (AvgIpc) is 2.76. The lowest BCUT2D eigenvalue weighted by molar-refractivity contribution is -0.118. The van der Waals surface area contributed by atoms with Crippen LogP contribution in [0, 0.1) is 19.3 Å². The Hall–Kier alpha value is -3.03. The van der Waals surface area contributed by atoms with Gasteiger partial charge in [-0.2, -0.15) is 0 Å². The first kappa shape index (κ1) is 20.3. The van der Waals surface area contributed by atoms with E-state index in [1.165, 1.54) is 22.4 Å². The van der Waals surface area contributed by atoms with E-state index in [4.69, 9.17) is 6.42 Å². The Balaban J connectivity index is 1.32. The van der Waals surface area contributed by atoms with Crippen molar-refractivity contribution in [1.29, 1.82) is 0 Å². The average molecular weight is 400 g/mol. The standard InChI is InChI=1S/C26H29N3O/c1-3-13-29-25-11-9-22(20-23(25)10-12-26(29)30)7-5-14-27-15-17-28(18-16-27)24-8-4-6-21(2)19-24/h1,4-9,11,19-20H,10,12-18H2,2H3/b7-5+. The van der Waals surface area contributed by atoms with E-state index in [2.05, 4.69) is 71.2 Å². The van der Waals surface area contributed by atoms with Gasteiger partial charge in [0.2, 0.25) is 5.91 Å². The second kappa shape index (κ2) is 9.19. The molecule has 1 amide bonds. The quantitative estimate of drug-likeness (QED) is 0.717. The van der Waals surface area contributed by atoms with Crippen LogP contribution in [-0.4, -0.2) is 50.1 Å². The molecule has 2 heterocycles. The smallest absolute Gasteiger partial charge is 0.228 e. The van der Waals surface area contributed by atoms with Crippen LogP contribution in [0.5, 0.6) is 0 Å². The predicted octanol–water partition coefficient (Wildman–Crippen LogP) is 3.74. The highest BCUT2D eigenvalue weighted by Gasteiger charge is 2.23. The molecule has 0 N–H and O–H groups in total. The Labute approximate surface area is 179 Å². The minimum atomic E-state index is 0.119. The van der Waals surface area contributed by atoms with Crippen LogP contribution in [0.15, 0.2) is 48.5 Å². The summed E-state index contributed by atoms with van der Waals surface area (Å²) in [5.41, 5.74) is 6.00. The number of hydrogen-bond donors (Lipinski definition) is 0. The summed E-state index contributed by atoms with van der Waals surface area (Å²) in [5, 5.41) is 0. The largest absolute Gasteiger partial charge is 0.369 e. The van der Waals surface area contributed by atoms with Crippen molar-refractivity contribution in [2.75, 3.05) is 49.1 Å². The minimum Gasteiger partial charge on any atom is -0.369 e. The molecule has 2 aliphatic rings. The van der Waals surface area contributed by atoms with Crippen molar-refractivity contribution in [3.63, 3.8) is 0 Å². The first-order valence-electron chi connectivity index (χ1n) is 10.7. The zero-order valence-electron chi connectivity index (χ0n) is 17.7. The third-order valence-corrected chi connectivity index (χ3v) is 5.97. The summed E-state index contributed by atoms with van der Waals surface area (Å²) in [6, 6.07) is 15.1. The highest BCUT2D eigenvalue weighted by Crippen LogP contribution is 2.29. The van der Waals surface area contributed by atoms with Crippen molar-refractivity contribution in [3.8, 4) is 12.3 Å². The number of anilines is 2. The lowest BCUT2D eigenvalue weighted by Gasteiger charge is -2.35. The van der Waals surface area contributed by atoms with Gasteiger partial charge in [-0.15, -0.1) is 6.42 Å². The molecule has 0 unspecified atom stereocenters. The molecule has 0 saturated carbocycles. The van der Waals surface area contributed by atoms with Crippen LogP contribution in [-0.2, 0) is 11.2 Å². The number of benzene rings is 2. The number of fused-ring (bicyclic) bond motifs is 1. The Kier molecular flexibility index (Phi) is 6.21.